The Hall–Kier alpha value is -0.410. The van der Waals surface area contributed by atoms with Gasteiger partial charge < -0.3 is 5.32 Å². The van der Waals surface area contributed by atoms with E-state index in [4.69, 9.17) is 0 Å². The minimum absolute atomic E-state index is 0.389. The fourth-order valence-electron chi connectivity index (χ4n) is 1.98. The monoisotopic (exact) mass is 240 g/mol. The highest BCUT2D eigenvalue weighted by molar-refractivity contribution is 7.07. The molecule has 16 heavy (non-hydrogen) atoms. The molecule has 0 bridgehead atoms. The zero-order valence-electron chi connectivity index (χ0n) is 10.7. The number of thiazole rings is 1. The van der Waals surface area contributed by atoms with Gasteiger partial charge in [-0.3, -0.25) is 0 Å². The van der Waals surface area contributed by atoms with Crippen molar-refractivity contribution in [3.8, 4) is 0 Å². The Morgan fingerprint density at radius 2 is 2.12 bits per heavy atom. The van der Waals surface area contributed by atoms with Gasteiger partial charge in [-0.2, -0.15) is 0 Å². The van der Waals surface area contributed by atoms with E-state index in [9.17, 15) is 0 Å². The largest absolute Gasteiger partial charge is 0.306 e. The molecule has 0 saturated heterocycles. The van der Waals surface area contributed by atoms with Crippen molar-refractivity contribution in [2.75, 3.05) is 0 Å². The van der Waals surface area contributed by atoms with Crippen LogP contribution < -0.4 is 5.32 Å². The molecule has 92 valence electrons. The predicted octanol–water partition coefficient (Wildman–Crippen LogP) is 4.15. The average Bonchev–Trinajstić information content (AvgIpc) is 2.79. The Labute approximate surface area is 103 Å². The summed E-state index contributed by atoms with van der Waals surface area (Å²) in [6, 6.07) is 1.04. The summed E-state index contributed by atoms with van der Waals surface area (Å²) < 4.78 is 0. The van der Waals surface area contributed by atoms with Crippen molar-refractivity contribution in [3.05, 3.63) is 16.6 Å². The van der Waals surface area contributed by atoms with Crippen molar-refractivity contribution in [2.45, 2.75) is 65.0 Å². The number of rotatable bonds is 8. The maximum atomic E-state index is 4.37. The van der Waals surface area contributed by atoms with E-state index in [-0.39, 0.29) is 0 Å². The predicted molar refractivity (Wildman–Crippen MR) is 71.9 cm³/mol. The van der Waals surface area contributed by atoms with Crippen molar-refractivity contribution >= 4 is 11.3 Å². The molecule has 3 heteroatoms. The van der Waals surface area contributed by atoms with Crippen LogP contribution in [0.25, 0.3) is 0 Å². The molecule has 2 atom stereocenters. The van der Waals surface area contributed by atoms with Crippen LogP contribution in [0, 0.1) is 0 Å². The number of hydrogen-bond acceptors (Lipinski definition) is 3. The molecule has 2 unspecified atom stereocenters. The van der Waals surface area contributed by atoms with Crippen molar-refractivity contribution in [2.24, 2.45) is 0 Å². The standard InChI is InChI=1S/C13H24N2S/c1-4-6-8-12(7-5-2)15-11(3)13-9-16-10-14-13/h9-12,15H,4-8H2,1-3H3. The second-order valence-electron chi connectivity index (χ2n) is 4.43. The second-order valence-corrected chi connectivity index (χ2v) is 5.15. The summed E-state index contributed by atoms with van der Waals surface area (Å²) >= 11 is 1.68. The first-order chi connectivity index (χ1) is 7.77. The van der Waals surface area contributed by atoms with E-state index in [1.54, 1.807) is 11.3 Å². The Morgan fingerprint density at radius 3 is 2.69 bits per heavy atom. The summed E-state index contributed by atoms with van der Waals surface area (Å²) in [7, 11) is 0. The molecule has 0 fully saturated rings. The third kappa shape index (κ3) is 4.62. The van der Waals surface area contributed by atoms with Gasteiger partial charge in [-0.15, -0.1) is 11.3 Å². The first-order valence-electron chi connectivity index (χ1n) is 6.42. The highest BCUT2D eigenvalue weighted by Gasteiger charge is 2.13. The topological polar surface area (TPSA) is 24.9 Å². The zero-order chi connectivity index (χ0) is 11.8. The Balaban J connectivity index is 2.40. The van der Waals surface area contributed by atoms with Gasteiger partial charge in [0.1, 0.15) is 0 Å². The molecule has 2 nitrogen and oxygen atoms in total. The lowest BCUT2D eigenvalue weighted by Gasteiger charge is -2.22. The van der Waals surface area contributed by atoms with Crippen molar-refractivity contribution in [1.82, 2.24) is 10.3 Å². The summed E-state index contributed by atoms with van der Waals surface area (Å²) in [5, 5.41) is 5.84. The number of nitrogens with zero attached hydrogens (tertiary/aromatic N) is 1. The van der Waals surface area contributed by atoms with Gasteiger partial charge in [0.25, 0.3) is 0 Å². The van der Waals surface area contributed by atoms with Gasteiger partial charge in [-0.1, -0.05) is 33.1 Å². The summed E-state index contributed by atoms with van der Waals surface area (Å²) in [5.41, 5.74) is 3.09. The number of hydrogen-bond donors (Lipinski definition) is 1. The van der Waals surface area contributed by atoms with Gasteiger partial charge in [-0.25, -0.2) is 4.98 Å². The maximum absolute atomic E-state index is 4.37. The van der Waals surface area contributed by atoms with Crippen LogP contribution in [0.5, 0.6) is 0 Å². The summed E-state index contributed by atoms with van der Waals surface area (Å²) in [6.45, 7) is 6.73. The van der Waals surface area contributed by atoms with E-state index in [0.717, 1.165) is 0 Å². The first-order valence-corrected chi connectivity index (χ1v) is 7.36. The molecule has 1 aromatic rings. The molecule has 0 aliphatic rings. The van der Waals surface area contributed by atoms with Crippen LogP contribution in [0.1, 0.15) is 64.6 Å². The molecule has 0 amide bonds. The first kappa shape index (κ1) is 13.7. The molecule has 0 saturated carbocycles. The molecule has 0 aliphatic heterocycles. The third-order valence-electron chi connectivity index (χ3n) is 2.92. The van der Waals surface area contributed by atoms with Crippen LogP contribution in [0.3, 0.4) is 0 Å². The minimum atomic E-state index is 0.389. The molecular weight excluding hydrogens is 216 g/mol. The third-order valence-corrected chi connectivity index (χ3v) is 3.53. The van der Waals surface area contributed by atoms with E-state index in [1.807, 2.05) is 5.51 Å². The highest BCUT2D eigenvalue weighted by Crippen LogP contribution is 2.16. The van der Waals surface area contributed by atoms with Crippen LogP contribution >= 0.6 is 11.3 Å². The zero-order valence-corrected chi connectivity index (χ0v) is 11.5. The van der Waals surface area contributed by atoms with Gasteiger partial charge in [0.05, 0.1) is 11.2 Å². The number of nitrogens with one attached hydrogen (secondary N) is 1. The molecule has 0 radical (unpaired) electrons. The van der Waals surface area contributed by atoms with Crippen LogP contribution in [-0.2, 0) is 0 Å². The molecule has 0 aliphatic carbocycles. The fraction of sp³-hybridized carbons (Fsp3) is 0.769. The van der Waals surface area contributed by atoms with E-state index in [1.165, 1.54) is 37.8 Å². The van der Waals surface area contributed by atoms with Crippen LogP contribution in [0.4, 0.5) is 0 Å². The molecular formula is C13H24N2S. The molecule has 0 aromatic carbocycles. The fourth-order valence-corrected chi connectivity index (χ4v) is 2.63. The van der Waals surface area contributed by atoms with E-state index in [0.29, 0.717) is 12.1 Å². The molecule has 1 heterocycles. The van der Waals surface area contributed by atoms with E-state index in [2.05, 4.69) is 36.5 Å². The highest BCUT2D eigenvalue weighted by atomic mass is 32.1. The lowest BCUT2D eigenvalue weighted by atomic mass is 10.0. The van der Waals surface area contributed by atoms with E-state index >= 15 is 0 Å². The number of aromatic nitrogens is 1. The summed E-state index contributed by atoms with van der Waals surface area (Å²) in [4.78, 5) is 4.37. The average molecular weight is 240 g/mol. The van der Waals surface area contributed by atoms with Crippen molar-refractivity contribution in [3.63, 3.8) is 0 Å². The van der Waals surface area contributed by atoms with Gasteiger partial charge in [0, 0.05) is 17.5 Å². The summed E-state index contributed by atoms with van der Waals surface area (Å²) in [6.07, 6.45) is 6.42. The van der Waals surface area contributed by atoms with Crippen LogP contribution in [0.15, 0.2) is 10.9 Å². The Kier molecular flexibility index (Phi) is 6.65. The van der Waals surface area contributed by atoms with Crippen LogP contribution in [-0.4, -0.2) is 11.0 Å². The lowest BCUT2D eigenvalue weighted by molar-refractivity contribution is 0.393. The maximum Gasteiger partial charge on any atom is 0.0795 e. The molecule has 1 rings (SSSR count). The molecule has 1 N–H and O–H groups in total. The van der Waals surface area contributed by atoms with Crippen molar-refractivity contribution < 1.29 is 0 Å². The van der Waals surface area contributed by atoms with Gasteiger partial charge in [-0.05, 0) is 19.8 Å². The van der Waals surface area contributed by atoms with E-state index < -0.39 is 0 Å². The normalized spacial score (nSPS) is 14.9. The van der Waals surface area contributed by atoms with Gasteiger partial charge in [0.15, 0.2) is 0 Å². The lowest BCUT2D eigenvalue weighted by Crippen LogP contribution is -2.31. The minimum Gasteiger partial charge on any atom is -0.306 e. The Morgan fingerprint density at radius 1 is 1.31 bits per heavy atom. The van der Waals surface area contributed by atoms with Gasteiger partial charge in [0.2, 0.25) is 0 Å². The molecule has 1 aromatic heterocycles. The second kappa shape index (κ2) is 7.80. The van der Waals surface area contributed by atoms with Gasteiger partial charge >= 0.3 is 0 Å². The SMILES string of the molecule is CCCCC(CCC)NC(C)c1cscn1. The smallest absolute Gasteiger partial charge is 0.0795 e. The molecule has 0 spiro atoms. The van der Waals surface area contributed by atoms with Crippen LogP contribution in [0.2, 0.25) is 0 Å². The Bertz CT molecular complexity index is 259. The number of unbranched alkanes of at least 4 members (excludes halogenated alkanes) is 1. The summed E-state index contributed by atoms with van der Waals surface area (Å²) in [5.74, 6) is 0. The quantitative estimate of drug-likeness (QED) is 0.738. The van der Waals surface area contributed by atoms with Crippen molar-refractivity contribution in [1.29, 1.82) is 0 Å².